The zero-order valence-electron chi connectivity index (χ0n) is 12.7. The first kappa shape index (κ1) is 15.0. The fourth-order valence-electron chi connectivity index (χ4n) is 3.35. The van der Waals surface area contributed by atoms with Gasteiger partial charge in [0, 0.05) is 40.1 Å². The van der Waals surface area contributed by atoms with Gasteiger partial charge in [0.2, 0.25) is 0 Å². The molecule has 1 aromatic heterocycles. The molecule has 2 heterocycles. The van der Waals surface area contributed by atoms with Gasteiger partial charge in [-0.25, -0.2) is 0 Å². The molecule has 112 valence electrons. The van der Waals surface area contributed by atoms with Crippen LogP contribution in [0.25, 0.3) is 0 Å². The minimum absolute atomic E-state index is 0.276. The first-order valence-corrected chi connectivity index (χ1v) is 9.36. The highest BCUT2D eigenvalue weighted by Crippen LogP contribution is 2.43. The Morgan fingerprint density at radius 1 is 1.45 bits per heavy atom. The van der Waals surface area contributed by atoms with Crippen LogP contribution >= 0.6 is 27.3 Å². The van der Waals surface area contributed by atoms with E-state index < -0.39 is 0 Å². The van der Waals surface area contributed by atoms with E-state index in [1.54, 1.807) is 0 Å². The summed E-state index contributed by atoms with van der Waals surface area (Å²) in [4.78, 5) is 4.18. The number of thiophene rings is 1. The number of hydrogen-bond acceptors (Lipinski definition) is 3. The molecule has 0 aromatic carbocycles. The van der Waals surface area contributed by atoms with Crippen molar-refractivity contribution >= 4 is 27.3 Å². The predicted molar refractivity (Wildman–Crippen MR) is 90.3 cm³/mol. The summed E-state index contributed by atoms with van der Waals surface area (Å²) in [5.41, 5.74) is 0.593. The lowest BCUT2D eigenvalue weighted by atomic mass is 9.84. The van der Waals surface area contributed by atoms with Gasteiger partial charge in [0.1, 0.15) is 0 Å². The van der Waals surface area contributed by atoms with Crippen molar-refractivity contribution in [1.82, 2.24) is 10.2 Å². The third kappa shape index (κ3) is 2.72. The van der Waals surface area contributed by atoms with Crippen molar-refractivity contribution in [1.29, 1.82) is 0 Å². The van der Waals surface area contributed by atoms with Crippen LogP contribution in [0.4, 0.5) is 0 Å². The lowest BCUT2D eigenvalue weighted by molar-refractivity contribution is 0.00484. The molecule has 0 bridgehead atoms. The van der Waals surface area contributed by atoms with Gasteiger partial charge in [-0.15, -0.1) is 11.3 Å². The number of rotatable bonds is 4. The van der Waals surface area contributed by atoms with E-state index in [0.717, 1.165) is 19.0 Å². The minimum Gasteiger partial charge on any atom is -0.308 e. The molecule has 1 aliphatic heterocycles. The van der Waals surface area contributed by atoms with Crippen LogP contribution in [0.5, 0.6) is 0 Å². The Hall–Kier alpha value is 0.100. The highest BCUT2D eigenvalue weighted by Gasteiger charge is 2.48. The molecule has 2 aliphatic rings. The maximum Gasteiger partial charge on any atom is 0.0346 e. The van der Waals surface area contributed by atoms with Gasteiger partial charge in [0.05, 0.1) is 0 Å². The summed E-state index contributed by atoms with van der Waals surface area (Å²) in [6.07, 6.45) is 4.01. The quantitative estimate of drug-likeness (QED) is 0.867. The molecule has 1 aliphatic carbocycles. The van der Waals surface area contributed by atoms with Crippen LogP contribution in [-0.2, 0) is 6.54 Å². The maximum atomic E-state index is 3.87. The minimum atomic E-state index is 0.276. The van der Waals surface area contributed by atoms with E-state index in [-0.39, 0.29) is 5.54 Å². The molecular formula is C16H25BrN2S. The third-order valence-corrected chi connectivity index (χ3v) is 7.33. The first-order valence-electron chi connectivity index (χ1n) is 7.69. The monoisotopic (exact) mass is 356 g/mol. The van der Waals surface area contributed by atoms with Crippen LogP contribution in [0.1, 0.15) is 44.9 Å². The number of nitrogens with one attached hydrogen (secondary N) is 1. The van der Waals surface area contributed by atoms with Crippen LogP contribution in [-0.4, -0.2) is 29.1 Å². The van der Waals surface area contributed by atoms with Gasteiger partial charge < -0.3 is 5.32 Å². The van der Waals surface area contributed by atoms with Crippen molar-refractivity contribution in [3.05, 3.63) is 20.8 Å². The molecule has 0 radical (unpaired) electrons. The predicted octanol–water partition coefficient (Wildman–Crippen LogP) is 4.25. The summed E-state index contributed by atoms with van der Waals surface area (Å²) >= 11 is 5.56. The standard InChI is InChI=1S/C16H25BrN2S/c1-4-15(2)10-18-16(3,12-5-6-12)11-19(15)9-14-13(17)7-8-20-14/h7-8,12,18H,4-6,9-11H2,1-3H3. The van der Waals surface area contributed by atoms with Gasteiger partial charge in [-0.1, -0.05) is 6.92 Å². The Morgan fingerprint density at radius 2 is 2.20 bits per heavy atom. The number of nitrogens with zero attached hydrogens (tertiary/aromatic N) is 1. The Kier molecular flexibility index (Phi) is 4.04. The van der Waals surface area contributed by atoms with Crippen LogP contribution in [0, 0.1) is 5.92 Å². The third-order valence-electron chi connectivity index (χ3n) is 5.42. The van der Waals surface area contributed by atoms with Crippen LogP contribution < -0.4 is 5.32 Å². The molecule has 0 amide bonds. The highest BCUT2D eigenvalue weighted by atomic mass is 79.9. The van der Waals surface area contributed by atoms with E-state index in [1.807, 2.05) is 11.3 Å². The van der Waals surface area contributed by atoms with E-state index in [2.05, 4.69) is 58.4 Å². The largest absolute Gasteiger partial charge is 0.308 e. The second-order valence-electron chi connectivity index (χ2n) is 6.94. The van der Waals surface area contributed by atoms with Crippen molar-refractivity contribution in [2.45, 2.75) is 57.7 Å². The average Bonchev–Trinajstić information content (AvgIpc) is 3.21. The van der Waals surface area contributed by atoms with Crippen molar-refractivity contribution in [3.8, 4) is 0 Å². The van der Waals surface area contributed by atoms with Gasteiger partial charge in [0.15, 0.2) is 0 Å². The highest BCUT2D eigenvalue weighted by molar-refractivity contribution is 9.10. The zero-order chi connectivity index (χ0) is 14.4. The molecule has 2 atom stereocenters. The van der Waals surface area contributed by atoms with Crippen molar-refractivity contribution in [3.63, 3.8) is 0 Å². The van der Waals surface area contributed by atoms with Gasteiger partial charge in [0.25, 0.3) is 0 Å². The molecule has 1 saturated heterocycles. The average molecular weight is 357 g/mol. The maximum absolute atomic E-state index is 3.87. The second kappa shape index (κ2) is 5.38. The first-order chi connectivity index (χ1) is 9.47. The molecule has 1 saturated carbocycles. The fourth-order valence-corrected chi connectivity index (χ4v) is 4.84. The fraction of sp³-hybridized carbons (Fsp3) is 0.750. The summed E-state index contributed by atoms with van der Waals surface area (Å²) in [6.45, 7) is 10.5. The number of hydrogen-bond donors (Lipinski definition) is 1. The molecule has 1 aromatic rings. The van der Waals surface area contributed by atoms with E-state index in [4.69, 9.17) is 0 Å². The van der Waals surface area contributed by atoms with Gasteiger partial charge in [-0.2, -0.15) is 0 Å². The Labute approximate surface area is 135 Å². The normalized spacial score (nSPS) is 35.4. The second-order valence-corrected chi connectivity index (χ2v) is 8.80. The smallest absolute Gasteiger partial charge is 0.0346 e. The molecule has 20 heavy (non-hydrogen) atoms. The molecule has 0 spiro atoms. The number of piperazine rings is 1. The molecular weight excluding hydrogens is 332 g/mol. The summed E-state index contributed by atoms with van der Waals surface area (Å²) in [7, 11) is 0. The number of halogens is 1. The van der Waals surface area contributed by atoms with Gasteiger partial charge >= 0.3 is 0 Å². The topological polar surface area (TPSA) is 15.3 Å². The van der Waals surface area contributed by atoms with Gasteiger partial charge in [-0.3, -0.25) is 4.90 Å². The molecule has 4 heteroatoms. The van der Waals surface area contributed by atoms with E-state index >= 15 is 0 Å². The van der Waals surface area contributed by atoms with Crippen LogP contribution in [0.15, 0.2) is 15.9 Å². The van der Waals surface area contributed by atoms with Crippen molar-refractivity contribution < 1.29 is 0 Å². The zero-order valence-corrected chi connectivity index (χ0v) is 15.1. The Balaban J connectivity index is 1.80. The summed E-state index contributed by atoms with van der Waals surface area (Å²) in [5, 5.41) is 6.06. The summed E-state index contributed by atoms with van der Waals surface area (Å²) < 4.78 is 1.27. The SMILES string of the molecule is CCC1(C)CNC(C)(C2CC2)CN1Cc1sccc1Br. The molecule has 3 rings (SSSR count). The summed E-state index contributed by atoms with van der Waals surface area (Å²) in [5.74, 6) is 0.887. The Bertz CT molecular complexity index is 485. The lowest BCUT2D eigenvalue weighted by Gasteiger charge is -2.52. The van der Waals surface area contributed by atoms with Gasteiger partial charge in [-0.05, 0) is 66.4 Å². The molecule has 1 N–H and O–H groups in total. The molecule has 2 unspecified atom stereocenters. The lowest BCUT2D eigenvalue weighted by Crippen LogP contribution is -2.68. The van der Waals surface area contributed by atoms with Crippen molar-refractivity contribution in [2.24, 2.45) is 5.92 Å². The van der Waals surface area contributed by atoms with E-state index in [9.17, 15) is 0 Å². The van der Waals surface area contributed by atoms with Crippen molar-refractivity contribution in [2.75, 3.05) is 13.1 Å². The molecule has 2 nitrogen and oxygen atoms in total. The van der Waals surface area contributed by atoms with E-state index in [1.165, 1.54) is 35.2 Å². The van der Waals surface area contributed by atoms with Crippen LogP contribution in [0.2, 0.25) is 0 Å². The summed E-state index contributed by atoms with van der Waals surface area (Å²) in [6, 6.07) is 2.17. The Morgan fingerprint density at radius 3 is 2.75 bits per heavy atom. The molecule has 2 fully saturated rings. The van der Waals surface area contributed by atoms with E-state index in [0.29, 0.717) is 5.54 Å². The van der Waals surface area contributed by atoms with Crippen LogP contribution in [0.3, 0.4) is 0 Å².